The maximum absolute atomic E-state index is 12.5. The molecule has 0 saturated heterocycles. The topological polar surface area (TPSA) is 55.5 Å². The van der Waals surface area contributed by atoms with Gasteiger partial charge in [0.25, 0.3) is 0 Å². The Labute approximate surface area is 96.0 Å². The monoisotopic (exact) mass is 247 g/mol. The molecule has 0 amide bonds. The number of ether oxygens (including phenoxy) is 1. The standard InChI is InChI=1S/C11H12F3NO2/c12-11(13,14)7-1-2-8-6(3-7)4-17-5-9(16)10(8)15/h1-3,9-10,16H,4-5,15H2/t9-,10+/m0/s1. The summed E-state index contributed by atoms with van der Waals surface area (Å²) in [5, 5.41) is 9.56. The summed E-state index contributed by atoms with van der Waals surface area (Å²) in [6, 6.07) is 2.58. The zero-order chi connectivity index (χ0) is 12.6. The lowest BCUT2D eigenvalue weighted by molar-refractivity contribution is -0.137. The van der Waals surface area contributed by atoms with E-state index in [0.29, 0.717) is 11.1 Å². The van der Waals surface area contributed by atoms with Crippen LogP contribution < -0.4 is 5.73 Å². The van der Waals surface area contributed by atoms with Crippen molar-refractivity contribution in [3.63, 3.8) is 0 Å². The van der Waals surface area contributed by atoms with Crippen LogP contribution in [0.25, 0.3) is 0 Å². The third-order valence-electron chi connectivity index (χ3n) is 2.79. The zero-order valence-corrected chi connectivity index (χ0v) is 8.87. The highest BCUT2D eigenvalue weighted by molar-refractivity contribution is 5.36. The molecule has 2 atom stereocenters. The largest absolute Gasteiger partial charge is 0.416 e. The Hall–Kier alpha value is -1.11. The first kappa shape index (κ1) is 12.3. The van der Waals surface area contributed by atoms with Crippen LogP contribution in [-0.4, -0.2) is 17.8 Å². The van der Waals surface area contributed by atoms with E-state index in [1.165, 1.54) is 6.07 Å². The summed E-state index contributed by atoms with van der Waals surface area (Å²) in [4.78, 5) is 0. The summed E-state index contributed by atoms with van der Waals surface area (Å²) < 4.78 is 42.6. The molecule has 0 bridgehead atoms. The average molecular weight is 247 g/mol. The third-order valence-corrected chi connectivity index (χ3v) is 2.79. The molecule has 3 nitrogen and oxygen atoms in total. The maximum Gasteiger partial charge on any atom is 0.416 e. The van der Waals surface area contributed by atoms with Gasteiger partial charge in [0.1, 0.15) is 0 Å². The quantitative estimate of drug-likeness (QED) is 0.732. The number of benzene rings is 1. The number of hydrogen-bond donors (Lipinski definition) is 2. The minimum atomic E-state index is -4.38. The molecule has 2 rings (SSSR count). The Morgan fingerprint density at radius 1 is 1.35 bits per heavy atom. The van der Waals surface area contributed by atoms with Gasteiger partial charge in [0.15, 0.2) is 0 Å². The molecule has 0 spiro atoms. The summed E-state index contributed by atoms with van der Waals surface area (Å²) in [6.07, 6.45) is -5.28. The van der Waals surface area contributed by atoms with Gasteiger partial charge in [0.2, 0.25) is 0 Å². The first-order chi connectivity index (χ1) is 7.89. The lowest BCUT2D eigenvalue weighted by atomic mass is 9.96. The zero-order valence-electron chi connectivity index (χ0n) is 8.87. The van der Waals surface area contributed by atoms with Crippen LogP contribution in [0.5, 0.6) is 0 Å². The predicted octanol–water partition coefficient (Wildman–Crippen LogP) is 1.60. The highest BCUT2D eigenvalue weighted by Gasteiger charge is 2.32. The number of rotatable bonds is 0. The normalized spacial score (nSPS) is 25.2. The van der Waals surface area contributed by atoms with Crippen molar-refractivity contribution in [1.29, 1.82) is 0 Å². The van der Waals surface area contributed by atoms with Crippen molar-refractivity contribution < 1.29 is 23.0 Å². The van der Waals surface area contributed by atoms with Gasteiger partial charge in [-0.2, -0.15) is 13.2 Å². The van der Waals surface area contributed by atoms with E-state index in [1.807, 2.05) is 0 Å². The fourth-order valence-corrected chi connectivity index (χ4v) is 1.83. The second kappa shape index (κ2) is 4.29. The van der Waals surface area contributed by atoms with Crippen molar-refractivity contribution in [2.45, 2.75) is 24.9 Å². The molecule has 1 aromatic rings. The van der Waals surface area contributed by atoms with Crippen LogP contribution >= 0.6 is 0 Å². The van der Waals surface area contributed by atoms with Crippen molar-refractivity contribution in [2.24, 2.45) is 5.73 Å². The van der Waals surface area contributed by atoms with Gasteiger partial charge in [-0.3, -0.25) is 0 Å². The van der Waals surface area contributed by atoms with E-state index >= 15 is 0 Å². The fraction of sp³-hybridized carbons (Fsp3) is 0.455. The third kappa shape index (κ3) is 2.43. The first-order valence-corrected chi connectivity index (χ1v) is 5.11. The molecule has 17 heavy (non-hydrogen) atoms. The van der Waals surface area contributed by atoms with Gasteiger partial charge in [-0.05, 0) is 23.3 Å². The molecule has 0 fully saturated rings. The smallest absolute Gasteiger partial charge is 0.389 e. The fourth-order valence-electron chi connectivity index (χ4n) is 1.83. The van der Waals surface area contributed by atoms with Crippen LogP contribution in [0, 0.1) is 0 Å². The molecule has 0 radical (unpaired) electrons. The first-order valence-electron chi connectivity index (χ1n) is 5.11. The second-order valence-electron chi connectivity index (χ2n) is 4.02. The van der Waals surface area contributed by atoms with Crippen molar-refractivity contribution in [3.8, 4) is 0 Å². The van der Waals surface area contributed by atoms with Crippen LogP contribution in [0.15, 0.2) is 18.2 Å². The highest BCUT2D eigenvalue weighted by Crippen LogP contribution is 2.33. The van der Waals surface area contributed by atoms with Crippen LogP contribution in [0.2, 0.25) is 0 Å². The van der Waals surface area contributed by atoms with Gasteiger partial charge in [0, 0.05) is 0 Å². The van der Waals surface area contributed by atoms with Crippen molar-refractivity contribution in [3.05, 3.63) is 34.9 Å². The van der Waals surface area contributed by atoms with E-state index in [2.05, 4.69) is 0 Å². The van der Waals surface area contributed by atoms with E-state index in [9.17, 15) is 18.3 Å². The van der Waals surface area contributed by atoms with Gasteiger partial charge in [-0.25, -0.2) is 0 Å². The van der Waals surface area contributed by atoms with Crippen molar-refractivity contribution >= 4 is 0 Å². The van der Waals surface area contributed by atoms with Gasteiger partial charge in [0.05, 0.1) is 30.9 Å². The van der Waals surface area contributed by atoms with E-state index in [-0.39, 0.29) is 13.2 Å². The molecule has 0 unspecified atom stereocenters. The molecule has 0 aliphatic carbocycles. The average Bonchev–Trinajstić information content (AvgIpc) is 2.38. The van der Waals surface area contributed by atoms with E-state index in [1.54, 1.807) is 0 Å². The molecule has 1 aliphatic heterocycles. The molecule has 0 saturated carbocycles. The van der Waals surface area contributed by atoms with E-state index in [4.69, 9.17) is 10.5 Å². The van der Waals surface area contributed by atoms with Gasteiger partial charge >= 0.3 is 6.18 Å². The molecular formula is C11H12F3NO2. The van der Waals surface area contributed by atoms with Crippen LogP contribution in [-0.2, 0) is 17.5 Å². The number of fused-ring (bicyclic) bond motifs is 1. The number of aliphatic hydroxyl groups excluding tert-OH is 1. The molecule has 3 N–H and O–H groups in total. The number of halogens is 3. The predicted molar refractivity (Wildman–Crippen MR) is 54.0 cm³/mol. The lowest BCUT2D eigenvalue weighted by Gasteiger charge is -2.17. The number of nitrogens with two attached hydrogens (primary N) is 1. The van der Waals surface area contributed by atoms with Crippen molar-refractivity contribution in [1.82, 2.24) is 0 Å². The summed E-state index contributed by atoms with van der Waals surface area (Å²) in [7, 11) is 0. The summed E-state index contributed by atoms with van der Waals surface area (Å²) in [5.74, 6) is 0. The minimum Gasteiger partial charge on any atom is -0.389 e. The Kier molecular flexibility index (Phi) is 3.11. The number of aliphatic hydroxyl groups is 1. The molecule has 1 heterocycles. The summed E-state index contributed by atoms with van der Waals surface area (Å²) in [6.45, 7) is 0.0568. The van der Waals surface area contributed by atoms with Gasteiger partial charge in [-0.1, -0.05) is 6.07 Å². The Morgan fingerprint density at radius 2 is 2.06 bits per heavy atom. The molecule has 94 valence electrons. The molecule has 1 aliphatic rings. The molecule has 0 aromatic heterocycles. The van der Waals surface area contributed by atoms with Crippen LogP contribution in [0.4, 0.5) is 13.2 Å². The molecule has 1 aromatic carbocycles. The maximum atomic E-state index is 12.5. The lowest BCUT2D eigenvalue weighted by Crippen LogP contribution is -2.28. The number of alkyl halides is 3. The van der Waals surface area contributed by atoms with E-state index < -0.39 is 23.9 Å². The Bertz CT molecular complexity index is 420. The van der Waals surface area contributed by atoms with Gasteiger partial charge in [-0.15, -0.1) is 0 Å². The van der Waals surface area contributed by atoms with Crippen LogP contribution in [0.1, 0.15) is 22.7 Å². The van der Waals surface area contributed by atoms with Crippen LogP contribution in [0.3, 0.4) is 0 Å². The van der Waals surface area contributed by atoms with Gasteiger partial charge < -0.3 is 15.6 Å². The molecule has 6 heteroatoms. The molecular weight excluding hydrogens is 235 g/mol. The summed E-state index contributed by atoms with van der Waals surface area (Å²) >= 11 is 0. The SMILES string of the molecule is N[C@@H]1c2ccc(C(F)(F)F)cc2COC[C@@H]1O. The number of hydrogen-bond acceptors (Lipinski definition) is 3. The minimum absolute atomic E-state index is 0.0250. The summed E-state index contributed by atoms with van der Waals surface area (Å²) in [5.41, 5.74) is 5.89. The Balaban J connectivity index is 2.43. The highest BCUT2D eigenvalue weighted by atomic mass is 19.4. The second-order valence-corrected chi connectivity index (χ2v) is 4.02. The van der Waals surface area contributed by atoms with Crippen molar-refractivity contribution in [2.75, 3.05) is 6.61 Å². The Morgan fingerprint density at radius 3 is 2.71 bits per heavy atom. The van der Waals surface area contributed by atoms with E-state index in [0.717, 1.165) is 12.1 Å².